The first kappa shape index (κ1) is 8.13. The second-order valence-corrected chi connectivity index (χ2v) is 3.92. The van der Waals surface area contributed by atoms with Gasteiger partial charge in [0, 0.05) is 33.8 Å². The molecule has 0 saturated carbocycles. The Kier molecular flexibility index (Phi) is 2.11. The summed E-state index contributed by atoms with van der Waals surface area (Å²) in [5.41, 5.74) is 0. The van der Waals surface area contributed by atoms with Crippen molar-refractivity contribution in [3.8, 4) is 0 Å². The van der Waals surface area contributed by atoms with Crippen molar-refractivity contribution in [1.82, 2.24) is 9.97 Å². The Balaban J connectivity index is 2.95. The van der Waals surface area contributed by atoms with Crippen LogP contribution in [0.1, 0.15) is 0 Å². The summed E-state index contributed by atoms with van der Waals surface area (Å²) in [7, 11) is 0. The highest BCUT2D eigenvalue weighted by molar-refractivity contribution is 9.11. The van der Waals surface area contributed by atoms with Crippen LogP contribution in [0.25, 0.3) is 10.8 Å². The molecule has 60 valence electrons. The summed E-state index contributed by atoms with van der Waals surface area (Å²) in [6, 6.07) is 1.95. The van der Waals surface area contributed by atoms with Crippen molar-refractivity contribution >= 4 is 42.6 Å². The lowest BCUT2D eigenvalue weighted by Crippen LogP contribution is -1.81. The second kappa shape index (κ2) is 3.11. The quantitative estimate of drug-likeness (QED) is 0.696. The molecule has 0 atom stereocenters. The molecule has 2 nitrogen and oxygen atoms in total. The highest BCUT2D eigenvalue weighted by atomic mass is 79.9. The van der Waals surface area contributed by atoms with E-state index in [4.69, 9.17) is 0 Å². The molecule has 2 aromatic rings. The first-order chi connectivity index (χ1) is 5.79. The number of hydrogen-bond donors (Lipinski definition) is 0. The van der Waals surface area contributed by atoms with Crippen LogP contribution in [0.15, 0.2) is 33.7 Å². The van der Waals surface area contributed by atoms with Crippen molar-refractivity contribution in [3.63, 3.8) is 0 Å². The Morgan fingerprint density at radius 1 is 1.08 bits per heavy atom. The van der Waals surface area contributed by atoms with Gasteiger partial charge >= 0.3 is 0 Å². The highest BCUT2D eigenvalue weighted by Gasteiger charge is 2.01. The molecule has 0 fully saturated rings. The minimum absolute atomic E-state index is 0.828. The molecule has 0 radical (unpaired) electrons. The SMILES string of the molecule is Brc1cnc(Br)c2cnccc12. The largest absolute Gasteiger partial charge is 0.264 e. The van der Waals surface area contributed by atoms with E-state index in [1.807, 2.05) is 6.07 Å². The number of fused-ring (bicyclic) bond motifs is 1. The molecule has 0 saturated heterocycles. The van der Waals surface area contributed by atoms with Gasteiger partial charge in [0.25, 0.3) is 0 Å². The second-order valence-electron chi connectivity index (χ2n) is 2.32. The number of aromatic nitrogens is 2. The molecule has 0 unspecified atom stereocenters. The van der Waals surface area contributed by atoms with Crippen LogP contribution in [0.4, 0.5) is 0 Å². The van der Waals surface area contributed by atoms with Crippen LogP contribution in [0.5, 0.6) is 0 Å². The van der Waals surface area contributed by atoms with Gasteiger partial charge in [-0.2, -0.15) is 0 Å². The molecular formula is C8H4Br2N2. The van der Waals surface area contributed by atoms with E-state index in [0.717, 1.165) is 19.8 Å². The van der Waals surface area contributed by atoms with E-state index >= 15 is 0 Å². The van der Waals surface area contributed by atoms with Gasteiger partial charge in [0.15, 0.2) is 0 Å². The van der Waals surface area contributed by atoms with Gasteiger partial charge in [0.2, 0.25) is 0 Å². The molecule has 4 heteroatoms. The molecule has 2 rings (SSSR count). The third-order valence-electron chi connectivity index (χ3n) is 1.59. The zero-order valence-corrected chi connectivity index (χ0v) is 9.13. The normalized spacial score (nSPS) is 10.5. The van der Waals surface area contributed by atoms with E-state index in [1.165, 1.54) is 0 Å². The van der Waals surface area contributed by atoms with Crippen molar-refractivity contribution in [1.29, 1.82) is 0 Å². The topological polar surface area (TPSA) is 25.8 Å². The third kappa shape index (κ3) is 1.25. The average Bonchev–Trinajstić information content (AvgIpc) is 2.12. The maximum atomic E-state index is 4.14. The first-order valence-corrected chi connectivity index (χ1v) is 4.91. The van der Waals surface area contributed by atoms with Crippen LogP contribution in [0, 0.1) is 0 Å². The van der Waals surface area contributed by atoms with Gasteiger partial charge in [0.1, 0.15) is 4.60 Å². The summed E-state index contributed by atoms with van der Waals surface area (Å²) in [6.45, 7) is 0. The minimum Gasteiger partial charge on any atom is -0.264 e. The Morgan fingerprint density at radius 2 is 1.92 bits per heavy atom. The van der Waals surface area contributed by atoms with Crippen LogP contribution in [0.3, 0.4) is 0 Å². The van der Waals surface area contributed by atoms with Crippen molar-refractivity contribution in [2.45, 2.75) is 0 Å². The molecular weight excluding hydrogens is 284 g/mol. The molecule has 2 aromatic heterocycles. The smallest absolute Gasteiger partial charge is 0.115 e. The molecule has 0 aliphatic heterocycles. The average molecular weight is 288 g/mol. The van der Waals surface area contributed by atoms with Crippen LogP contribution in [-0.4, -0.2) is 9.97 Å². The molecule has 0 aromatic carbocycles. The molecule has 12 heavy (non-hydrogen) atoms. The van der Waals surface area contributed by atoms with Gasteiger partial charge in [-0.15, -0.1) is 0 Å². The lowest BCUT2D eigenvalue weighted by atomic mass is 10.2. The summed E-state index contributed by atoms with van der Waals surface area (Å²) in [5.74, 6) is 0. The van der Waals surface area contributed by atoms with Gasteiger partial charge in [-0.1, -0.05) is 0 Å². The summed E-state index contributed by atoms with van der Waals surface area (Å²) in [4.78, 5) is 8.16. The van der Waals surface area contributed by atoms with Gasteiger partial charge < -0.3 is 0 Å². The predicted octanol–water partition coefficient (Wildman–Crippen LogP) is 3.15. The third-order valence-corrected chi connectivity index (χ3v) is 2.86. The van der Waals surface area contributed by atoms with Crippen molar-refractivity contribution in [2.75, 3.05) is 0 Å². The summed E-state index contributed by atoms with van der Waals surface area (Å²) < 4.78 is 1.82. The summed E-state index contributed by atoms with van der Waals surface area (Å²) >= 11 is 6.78. The lowest BCUT2D eigenvalue weighted by molar-refractivity contribution is 1.27. The molecule has 0 aliphatic rings. The predicted molar refractivity (Wildman–Crippen MR) is 54.9 cm³/mol. The number of nitrogens with zero attached hydrogens (tertiary/aromatic N) is 2. The van der Waals surface area contributed by atoms with Crippen LogP contribution >= 0.6 is 31.9 Å². The Morgan fingerprint density at radius 3 is 2.67 bits per heavy atom. The fraction of sp³-hybridized carbons (Fsp3) is 0. The maximum Gasteiger partial charge on any atom is 0.115 e. The standard InChI is InChI=1S/C8H4Br2N2/c9-7-4-12-8(10)6-3-11-2-1-5(6)7/h1-4H. The Hall–Kier alpha value is -0.480. The van der Waals surface area contributed by atoms with Crippen LogP contribution in [-0.2, 0) is 0 Å². The Labute approximate surface area is 86.3 Å². The zero-order chi connectivity index (χ0) is 8.55. The molecule has 0 spiro atoms. The molecule has 0 bridgehead atoms. The minimum atomic E-state index is 0.828. The molecule has 0 aliphatic carbocycles. The van der Waals surface area contributed by atoms with Crippen LogP contribution in [0.2, 0.25) is 0 Å². The van der Waals surface area contributed by atoms with E-state index in [0.29, 0.717) is 0 Å². The van der Waals surface area contributed by atoms with E-state index in [9.17, 15) is 0 Å². The maximum absolute atomic E-state index is 4.14. The van der Waals surface area contributed by atoms with Gasteiger partial charge in [-0.05, 0) is 37.9 Å². The fourth-order valence-electron chi connectivity index (χ4n) is 1.02. The van der Waals surface area contributed by atoms with Gasteiger partial charge in [-0.3, -0.25) is 4.98 Å². The monoisotopic (exact) mass is 286 g/mol. The van der Waals surface area contributed by atoms with Gasteiger partial charge in [-0.25, -0.2) is 4.98 Å². The summed E-state index contributed by atoms with van der Waals surface area (Å²) in [6.07, 6.45) is 5.32. The van der Waals surface area contributed by atoms with Crippen LogP contribution < -0.4 is 0 Å². The number of hydrogen-bond acceptors (Lipinski definition) is 2. The summed E-state index contributed by atoms with van der Waals surface area (Å²) in [5, 5.41) is 2.14. The van der Waals surface area contributed by atoms with E-state index < -0.39 is 0 Å². The molecule has 2 heterocycles. The van der Waals surface area contributed by atoms with Gasteiger partial charge in [0.05, 0.1) is 0 Å². The number of pyridine rings is 2. The van der Waals surface area contributed by atoms with Crippen molar-refractivity contribution in [2.24, 2.45) is 0 Å². The zero-order valence-electron chi connectivity index (χ0n) is 5.96. The van der Waals surface area contributed by atoms with E-state index in [2.05, 4.69) is 41.8 Å². The molecule has 0 N–H and O–H groups in total. The van der Waals surface area contributed by atoms with Crippen molar-refractivity contribution in [3.05, 3.63) is 33.7 Å². The Bertz CT molecular complexity index is 388. The highest BCUT2D eigenvalue weighted by Crippen LogP contribution is 2.26. The van der Waals surface area contributed by atoms with Crippen molar-refractivity contribution < 1.29 is 0 Å². The fourth-order valence-corrected chi connectivity index (χ4v) is 1.89. The van der Waals surface area contributed by atoms with E-state index in [1.54, 1.807) is 18.6 Å². The molecule has 0 amide bonds. The number of halogens is 2. The lowest BCUT2D eigenvalue weighted by Gasteiger charge is -1.99. The first-order valence-electron chi connectivity index (χ1n) is 3.33. The number of rotatable bonds is 0. The van der Waals surface area contributed by atoms with E-state index in [-0.39, 0.29) is 0 Å².